The number of carbonyl (C=O) groups excluding carboxylic acids is 4. The van der Waals surface area contributed by atoms with E-state index in [0.717, 1.165) is 49.7 Å². The number of amides is 2. The molecule has 12 nitrogen and oxygen atoms in total. The van der Waals surface area contributed by atoms with Crippen LogP contribution >= 0.6 is 0 Å². The fraction of sp³-hybridized carbons (Fsp3) is 0.583. The second-order valence-electron chi connectivity index (χ2n) is 17.4. The molecule has 5 atom stereocenters. The van der Waals surface area contributed by atoms with Gasteiger partial charge in [0.25, 0.3) is 0 Å². The summed E-state index contributed by atoms with van der Waals surface area (Å²) >= 11 is 0. The fourth-order valence-corrected chi connectivity index (χ4v) is 8.19. The van der Waals surface area contributed by atoms with Gasteiger partial charge >= 0.3 is 11.9 Å². The highest BCUT2D eigenvalue weighted by Crippen LogP contribution is 2.43. The minimum Gasteiger partial charge on any atom is -0.508 e. The Morgan fingerprint density at radius 1 is 0.983 bits per heavy atom. The fourth-order valence-electron chi connectivity index (χ4n) is 8.19. The molecule has 2 amide bonds. The minimum atomic E-state index is -0.876. The van der Waals surface area contributed by atoms with Crippen LogP contribution in [0.1, 0.15) is 140 Å². The molecule has 60 heavy (non-hydrogen) atoms. The van der Waals surface area contributed by atoms with Crippen molar-refractivity contribution in [2.45, 2.75) is 166 Å². The van der Waals surface area contributed by atoms with Gasteiger partial charge in [0.1, 0.15) is 35.7 Å². The third kappa shape index (κ3) is 13.0. The summed E-state index contributed by atoms with van der Waals surface area (Å²) in [6.07, 6.45) is 12.8. The average Bonchev–Trinajstić information content (AvgIpc) is 3.86. The summed E-state index contributed by atoms with van der Waals surface area (Å²) in [6.45, 7) is 9.62. The number of carbonyl (C=O) groups is 4. The summed E-state index contributed by atoms with van der Waals surface area (Å²) in [7, 11) is 0. The van der Waals surface area contributed by atoms with Crippen LogP contribution in [0.5, 0.6) is 5.75 Å². The Bertz CT molecular complexity index is 1810. The number of aromatic hydroxyl groups is 1. The predicted molar refractivity (Wildman–Crippen MR) is 229 cm³/mol. The lowest BCUT2D eigenvalue weighted by molar-refractivity contribution is -0.190. The molecule has 0 aromatic heterocycles. The highest BCUT2D eigenvalue weighted by molar-refractivity contribution is 5.98. The zero-order valence-electron chi connectivity index (χ0n) is 36.2. The second-order valence-corrected chi connectivity index (χ2v) is 17.4. The first-order valence-electron chi connectivity index (χ1n) is 22.0. The van der Waals surface area contributed by atoms with Crippen LogP contribution in [-0.2, 0) is 39.8 Å². The first-order valence-corrected chi connectivity index (χ1v) is 22.0. The number of hydrogen-bond acceptors (Lipinski definition) is 10. The van der Waals surface area contributed by atoms with Crippen LogP contribution in [0.4, 0.5) is 0 Å². The van der Waals surface area contributed by atoms with E-state index in [9.17, 15) is 29.4 Å². The first-order chi connectivity index (χ1) is 28.7. The summed E-state index contributed by atoms with van der Waals surface area (Å²) in [4.78, 5) is 55.8. The van der Waals surface area contributed by atoms with Crippen LogP contribution in [0, 0.1) is 0 Å². The number of nitrogens with zero attached hydrogens (tertiary/aromatic N) is 1. The number of esters is 2. The quantitative estimate of drug-likeness (QED) is 0.0890. The third-order valence-electron chi connectivity index (χ3n) is 11.3. The number of rotatable bonds is 20. The summed E-state index contributed by atoms with van der Waals surface area (Å²) < 4.78 is 25.2. The second kappa shape index (κ2) is 21.8. The molecule has 2 saturated heterocycles. The van der Waals surface area contributed by atoms with Crippen molar-refractivity contribution in [2.75, 3.05) is 13.2 Å². The van der Waals surface area contributed by atoms with E-state index >= 15 is 0 Å². The van der Waals surface area contributed by atoms with Gasteiger partial charge in [0, 0.05) is 37.8 Å². The van der Waals surface area contributed by atoms with Gasteiger partial charge in [-0.3, -0.25) is 14.4 Å². The lowest BCUT2D eigenvalue weighted by Gasteiger charge is -2.33. The standard InChI is InChI=1S/C48H66N2O10/c1-6-8-12-27-48(28-13-9-7-2)58-41-31-36(45(55)50-29-15-19-38(50)44(54)49-37(32-51)25-26-42(53)59-47(3,4)5)30-40(43(41)60-48)57-46(56)35-23-21-33(22-24-35)16-14-18-34-17-10-11-20-39(34)52/h10-11,14,16-17,20-24,31,37-38,40-41,43,51-52H,6-9,12-13,15,18-19,25-30,32H2,1-5H3,(H,49,54)/t37-,38+,40+,41+,43-/m0/s1. The molecular formula is C48H66N2O10. The summed E-state index contributed by atoms with van der Waals surface area (Å²) in [5.74, 6) is -2.33. The molecule has 0 unspecified atom stereocenters. The third-order valence-corrected chi connectivity index (χ3v) is 11.3. The molecule has 2 aliphatic heterocycles. The van der Waals surface area contributed by atoms with Gasteiger partial charge in [0.2, 0.25) is 11.8 Å². The Kier molecular flexibility index (Phi) is 16.9. The van der Waals surface area contributed by atoms with Crippen molar-refractivity contribution < 1.29 is 48.3 Å². The van der Waals surface area contributed by atoms with E-state index < -0.39 is 59.6 Å². The Labute approximate surface area is 355 Å². The molecule has 2 fully saturated rings. The summed E-state index contributed by atoms with van der Waals surface area (Å²) in [5.41, 5.74) is 1.79. The van der Waals surface area contributed by atoms with Crippen LogP contribution < -0.4 is 5.32 Å². The highest BCUT2D eigenvalue weighted by atomic mass is 16.8. The number of ether oxygens (including phenoxy) is 4. The molecule has 1 aliphatic carbocycles. The van der Waals surface area contributed by atoms with Crippen molar-refractivity contribution in [1.29, 1.82) is 0 Å². The van der Waals surface area contributed by atoms with Gasteiger partial charge in [-0.15, -0.1) is 0 Å². The SMILES string of the molecule is CCCCCC1(CCCCC)O[C@@H]2[C@@H](C=C(C(=O)N3CCC[C@@H]3C(=O)N[C@H](CO)CCC(=O)OC(C)(C)C)C[C@H]2OC(=O)c2ccc(C=CCc3ccccc3O)cc2)O1. The number of nitrogens with one attached hydrogen (secondary N) is 1. The van der Waals surface area contributed by atoms with Gasteiger partial charge < -0.3 is 39.4 Å². The molecule has 0 spiro atoms. The zero-order valence-corrected chi connectivity index (χ0v) is 36.2. The number of para-hydroxylation sites is 1. The van der Waals surface area contributed by atoms with Crippen LogP contribution in [-0.4, -0.2) is 93.8 Å². The molecule has 3 aliphatic rings. The molecule has 0 radical (unpaired) electrons. The van der Waals surface area contributed by atoms with Crippen molar-refractivity contribution in [1.82, 2.24) is 10.2 Å². The minimum absolute atomic E-state index is 0.0220. The van der Waals surface area contributed by atoms with Crippen molar-refractivity contribution in [3.8, 4) is 5.75 Å². The number of phenols is 1. The van der Waals surface area contributed by atoms with Gasteiger partial charge in [-0.1, -0.05) is 82.0 Å². The van der Waals surface area contributed by atoms with Gasteiger partial charge in [0.15, 0.2) is 5.79 Å². The van der Waals surface area contributed by atoms with Crippen molar-refractivity contribution in [2.24, 2.45) is 0 Å². The van der Waals surface area contributed by atoms with Gasteiger partial charge in [-0.2, -0.15) is 0 Å². The van der Waals surface area contributed by atoms with Crippen LogP contribution in [0.3, 0.4) is 0 Å². The maximum absolute atomic E-state index is 14.4. The Morgan fingerprint density at radius 3 is 2.33 bits per heavy atom. The van der Waals surface area contributed by atoms with Gasteiger partial charge in [-0.05, 0) is 94.7 Å². The van der Waals surface area contributed by atoms with E-state index in [0.29, 0.717) is 49.8 Å². The molecule has 2 aromatic rings. The van der Waals surface area contributed by atoms with Crippen molar-refractivity contribution >= 4 is 29.8 Å². The van der Waals surface area contributed by atoms with Gasteiger partial charge in [-0.25, -0.2) is 4.79 Å². The normalized spacial score (nSPS) is 21.6. The van der Waals surface area contributed by atoms with Crippen LogP contribution in [0.25, 0.3) is 6.08 Å². The maximum Gasteiger partial charge on any atom is 0.338 e. The van der Waals surface area contributed by atoms with E-state index in [1.54, 1.807) is 56.0 Å². The largest absolute Gasteiger partial charge is 0.508 e. The number of allylic oxidation sites excluding steroid dienone is 1. The monoisotopic (exact) mass is 830 g/mol. The molecular weight excluding hydrogens is 765 g/mol. The van der Waals surface area contributed by atoms with E-state index in [1.165, 1.54) is 0 Å². The van der Waals surface area contributed by atoms with E-state index in [-0.39, 0.29) is 37.5 Å². The molecule has 2 heterocycles. The predicted octanol–water partition coefficient (Wildman–Crippen LogP) is 7.73. The molecule has 328 valence electrons. The van der Waals surface area contributed by atoms with Crippen molar-refractivity contribution in [3.05, 3.63) is 82.9 Å². The lowest BCUT2D eigenvalue weighted by Crippen LogP contribution is -2.51. The molecule has 5 rings (SSSR count). The van der Waals surface area contributed by atoms with E-state index in [1.807, 2.05) is 36.4 Å². The Hall–Kier alpha value is -4.52. The first kappa shape index (κ1) is 46.5. The maximum atomic E-state index is 14.4. The Morgan fingerprint density at radius 2 is 1.68 bits per heavy atom. The topological polar surface area (TPSA) is 161 Å². The van der Waals surface area contributed by atoms with E-state index in [4.69, 9.17) is 18.9 Å². The molecule has 3 N–H and O–H groups in total. The number of hydrogen-bond donors (Lipinski definition) is 3. The molecule has 12 heteroatoms. The average molecular weight is 831 g/mol. The number of aliphatic hydroxyl groups is 1. The van der Waals surface area contributed by atoms with Crippen LogP contribution in [0.15, 0.2) is 66.3 Å². The van der Waals surface area contributed by atoms with Crippen LogP contribution in [0.2, 0.25) is 0 Å². The number of benzene rings is 2. The Balaban J connectivity index is 1.32. The van der Waals surface area contributed by atoms with Crippen molar-refractivity contribution in [3.63, 3.8) is 0 Å². The number of unbranched alkanes of at least 4 members (excludes halogenated alkanes) is 4. The summed E-state index contributed by atoms with van der Waals surface area (Å²) in [6, 6.07) is 12.8. The molecule has 2 aromatic carbocycles. The number of phenolic OH excluding ortho intramolecular Hbond substituents is 1. The van der Waals surface area contributed by atoms with Gasteiger partial charge in [0.05, 0.1) is 18.2 Å². The highest BCUT2D eigenvalue weighted by Gasteiger charge is 2.53. The lowest BCUT2D eigenvalue weighted by atomic mass is 9.91. The molecule has 0 saturated carbocycles. The molecule has 0 bridgehead atoms. The number of aliphatic hydroxyl groups excluding tert-OH is 1. The number of fused-ring (bicyclic) bond motifs is 1. The summed E-state index contributed by atoms with van der Waals surface area (Å²) in [5, 5.41) is 23.0. The zero-order chi connectivity index (χ0) is 43.3. The smallest absolute Gasteiger partial charge is 0.338 e. The number of likely N-dealkylation sites (tertiary alicyclic amines) is 1. The van der Waals surface area contributed by atoms with E-state index in [2.05, 4.69) is 19.2 Å².